The van der Waals surface area contributed by atoms with Crippen LogP contribution in [0.1, 0.15) is 38.2 Å². The minimum Gasteiger partial charge on any atom is -0.393 e. The van der Waals surface area contributed by atoms with Crippen molar-refractivity contribution in [3.63, 3.8) is 0 Å². The van der Waals surface area contributed by atoms with Crippen LogP contribution in [0, 0.1) is 11.7 Å². The lowest BCUT2D eigenvalue weighted by Crippen LogP contribution is -2.36. The number of aliphatic hydroxyl groups excluding tert-OH is 1. The Morgan fingerprint density at radius 2 is 2.00 bits per heavy atom. The SMILES string of the molecule is CC(NCc1ccc(N2CCC(O)CC2)c(F)c1)C1CC1. The Morgan fingerprint density at radius 1 is 1.29 bits per heavy atom. The number of hydrogen-bond acceptors (Lipinski definition) is 3. The zero-order valence-electron chi connectivity index (χ0n) is 12.7. The van der Waals surface area contributed by atoms with Gasteiger partial charge >= 0.3 is 0 Å². The van der Waals surface area contributed by atoms with Gasteiger partial charge in [-0.25, -0.2) is 4.39 Å². The van der Waals surface area contributed by atoms with Gasteiger partial charge in [-0.05, 0) is 56.2 Å². The van der Waals surface area contributed by atoms with Gasteiger partial charge in [0.2, 0.25) is 0 Å². The Bertz CT molecular complexity index is 482. The minimum atomic E-state index is -0.225. The standard InChI is InChI=1S/C17H25FN2O/c1-12(14-3-4-14)19-11-13-2-5-17(16(18)10-13)20-8-6-15(21)7-9-20/h2,5,10,12,14-15,19,21H,3-4,6-9,11H2,1H3. The van der Waals surface area contributed by atoms with Crippen LogP contribution in [-0.4, -0.2) is 30.3 Å². The number of rotatable bonds is 5. The maximum Gasteiger partial charge on any atom is 0.146 e. The molecule has 1 aliphatic heterocycles. The first-order chi connectivity index (χ1) is 10.1. The van der Waals surface area contributed by atoms with Gasteiger partial charge in [0, 0.05) is 25.7 Å². The van der Waals surface area contributed by atoms with Gasteiger partial charge in [-0.2, -0.15) is 0 Å². The van der Waals surface area contributed by atoms with E-state index < -0.39 is 0 Å². The molecular weight excluding hydrogens is 267 g/mol. The van der Waals surface area contributed by atoms with Crippen molar-refractivity contribution >= 4 is 5.69 Å². The number of piperidine rings is 1. The summed E-state index contributed by atoms with van der Waals surface area (Å²) in [5, 5.41) is 13.0. The molecular formula is C17H25FN2O. The van der Waals surface area contributed by atoms with E-state index >= 15 is 0 Å². The Kier molecular flexibility index (Phi) is 4.45. The highest BCUT2D eigenvalue weighted by molar-refractivity contribution is 5.49. The maximum atomic E-state index is 14.3. The highest BCUT2D eigenvalue weighted by Crippen LogP contribution is 2.32. The largest absolute Gasteiger partial charge is 0.393 e. The lowest BCUT2D eigenvalue weighted by Gasteiger charge is -2.31. The van der Waals surface area contributed by atoms with E-state index in [2.05, 4.69) is 12.2 Å². The molecule has 0 aromatic heterocycles. The molecule has 0 amide bonds. The highest BCUT2D eigenvalue weighted by atomic mass is 19.1. The van der Waals surface area contributed by atoms with Crippen molar-refractivity contribution in [1.82, 2.24) is 5.32 Å². The summed E-state index contributed by atoms with van der Waals surface area (Å²) in [6.45, 7) is 4.40. The van der Waals surface area contributed by atoms with Crippen molar-refractivity contribution < 1.29 is 9.50 Å². The summed E-state index contributed by atoms with van der Waals surface area (Å²) in [5.74, 6) is 0.665. The van der Waals surface area contributed by atoms with Crippen molar-refractivity contribution in [2.24, 2.45) is 5.92 Å². The van der Waals surface area contributed by atoms with Crippen LogP contribution in [0.15, 0.2) is 18.2 Å². The molecule has 116 valence electrons. The average Bonchev–Trinajstić information content (AvgIpc) is 3.31. The zero-order valence-corrected chi connectivity index (χ0v) is 12.7. The first-order valence-corrected chi connectivity index (χ1v) is 8.08. The molecule has 1 unspecified atom stereocenters. The smallest absolute Gasteiger partial charge is 0.146 e. The number of hydrogen-bond donors (Lipinski definition) is 2. The third-order valence-corrected chi connectivity index (χ3v) is 4.77. The van der Waals surface area contributed by atoms with Gasteiger partial charge < -0.3 is 15.3 Å². The maximum absolute atomic E-state index is 14.3. The number of nitrogens with one attached hydrogen (secondary N) is 1. The first-order valence-electron chi connectivity index (χ1n) is 8.08. The van der Waals surface area contributed by atoms with E-state index in [1.807, 2.05) is 17.0 Å². The number of halogens is 1. The van der Waals surface area contributed by atoms with Gasteiger partial charge in [-0.1, -0.05) is 6.07 Å². The van der Waals surface area contributed by atoms with Crippen molar-refractivity contribution in [1.29, 1.82) is 0 Å². The average molecular weight is 292 g/mol. The van der Waals surface area contributed by atoms with Gasteiger partial charge in [0.1, 0.15) is 5.82 Å². The second kappa shape index (κ2) is 6.32. The molecule has 1 aromatic carbocycles. The van der Waals surface area contributed by atoms with Gasteiger partial charge in [0.25, 0.3) is 0 Å². The summed E-state index contributed by atoms with van der Waals surface area (Å²) >= 11 is 0. The molecule has 2 fully saturated rings. The molecule has 1 atom stereocenters. The summed E-state index contributed by atoms with van der Waals surface area (Å²) in [7, 11) is 0. The topological polar surface area (TPSA) is 35.5 Å². The highest BCUT2D eigenvalue weighted by Gasteiger charge is 2.27. The molecule has 3 nitrogen and oxygen atoms in total. The molecule has 4 heteroatoms. The number of anilines is 1. The van der Waals surface area contributed by atoms with E-state index in [1.165, 1.54) is 12.8 Å². The molecule has 1 aromatic rings. The predicted molar refractivity (Wildman–Crippen MR) is 82.9 cm³/mol. The molecule has 2 N–H and O–H groups in total. The molecule has 1 aliphatic carbocycles. The summed E-state index contributed by atoms with van der Waals surface area (Å²) in [4.78, 5) is 2.03. The van der Waals surface area contributed by atoms with E-state index in [4.69, 9.17) is 0 Å². The molecule has 21 heavy (non-hydrogen) atoms. The number of aliphatic hydroxyl groups is 1. The van der Waals surface area contributed by atoms with Crippen molar-refractivity contribution in [3.8, 4) is 0 Å². The lowest BCUT2D eigenvalue weighted by atomic mass is 10.1. The summed E-state index contributed by atoms with van der Waals surface area (Å²) < 4.78 is 14.3. The Hall–Kier alpha value is -1.13. The van der Waals surface area contributed by atoms with Gasteiger partial charge in [-0.15, -0.1) is 0 Å². The van der Waals surface area contributed by atoms with Crippen LogP contribution < -0.4 is 10.2 Å². The van der Waals surface area contributed by atoms with Crippen LogP contribution in [0.25, 0.3) is 0 Å². The normalized spacial score (nSPS) is 21.6. The Labute approximate surface area is 126 Å². The molecule has 0 bridgehead atoms. The van der Waals surface area contributed by atoms with E-state index in [-0.39, 0.29) is 11.9 Å². The molecule has 1 saturated heterocycles. The monoisotopic (exact) mass is 292 g/mol. The van der Waals surface area contributed by atoms with Crippen LogP contribution in [0.2, 0.25) is 0 Å². The van der Waals surface area contributed by atoms with Crippen molar-refractivity contribution in [2.75, 3.05) is 18.0 Å². The van der Waals surface area contributed by atoms with Crippen LogP contribution >= 0.6 is 0 Å². The van der Waals surface area contributed by atoms with Crippen LogP contribution in [0.3, 0.4) is 0 Å². The molecule has 0 spiro atoms. The second-order valence-electron chi connectivity index (χ2n) is 6.51. The van der Waals surface area contributed by atoms with E-state index in [1.54, 1.807) is 6.07 Å². The summed E-state index contributed by atoms with van der Waals surface area (Å²) in [6, 6.07) is 6.06. The van der Waals surface area contributed by atoms with E-state index in [9.17, 15) is 9.50 Å². The molecule has 2 aliphatic rings. The summed E-state index contributed by atoms with van der Waals surface area (Å²) in [6.07, 6.45) is 3.87. The van der Waals surface area contributed by atoms with Gasteiger partial charge in [-0.3, -0.25) is 0 Å². The van der Waals surface area contributed by atoms with Crippen LogP contribution in [0.4, 0.5) is 10.1 Å². The molecule has 1 heterocycles. The van der Waals surface area contributed by atoms with Crippen LogP contribution in [0.5, 0.6) is 0 Å². The van der Waals surface area contributed by atoms with E-state index in [0.29, 0.717) is 11.7 Å². The third kappa shape index (κ3) is 3.74. The van der Waals surface area contributed by atoms with Gasteiger partial charge in [0.15, 0.2) is 0 Å². The van der Waals surface area contributed by atoms with Crippen molar-refractivity contribution in [3.05, 3.63) is 29.6 Å². The third-order valence-electron chi connectivity index (χ3n) is 4.77. The molecule has 3 rings (SSSR count). The van der Waals surface area contributed by atoms with E-state index in [0.717, 1.165) is 44.0 Å². The Balaban J connectivity index is 1.59. The van der Waals surface area contributed by atoms with Crippen molar-refractivity contribution in [2.45, 2.75) is 51.3 Å². The number of benzene rings is 1. The lowest BCUT2D eigenvalue weighted by molar-refractivity contribution is 0.145. The molecule has 0 radical (unpaired) electrons. The zero-order chi connectivity index (χ0) is 14.8. The van der Waals surface area contributed by atoms with Crippen LogP contribution in [-0.2, 0) is 6.54 Å². The predicted octanol–water partition coefficient (Wildman–Crippen LogP) is 2.67. The fraction of sp³-hybridized carbons (Fsp3) is 0.647. The fourth-order valence-corrected chi connectivity index (χ4v) is 3.07. The quantitative estimate of drug-likeness (QED) is 0.876. The van der Waals surface area contributed by atoms with Gasteiger partial charge in [0.05, 0.1) is 11.8 Å². The molecule has 1 saturated carbocycles. The second-order valence-corrected chi connectivity index (χ2v) is 6.51. The number of nitrogens with zero attached hydrogens (tertiary/aromatic N) is 1. The first kappa shape index (κ1) is 14.8. The summed E-state index contributed by atoms with van der Waals surface area (Å²) in [5.41, 5.74) is 1.67. The minimum absolute atomic E-state index is 0.148. The Morgan fingerprint density at radius 3 is 2.62 bits per heavy atom. The fourth-order valence-electron chi connectivity index (χ4n) is 3.07.